The molecule has 0 aliphatic rings. The van der Waals surface area contributed by atoms with E-state index < -0.39 is 24.4 Å². The van der Waals surface area contributed by atoms with Crippen LogP contribution in [0.1, 0.15) is 22.2 Å². The molecular formula is C23H23ClFN5O4S. The second-order valence-electron chi connectivity index (χ2n) is 7.14. The molecule has 0 aliphatic heterocycles. The van der Waals surface area contributed by atoms with E-state index in [0.717, 1.165) is 17.8 Å². The van der Waals surface area contributed by atoms with E-state index in [2.05, 4.69) is 27.4 Å². The van der Waals surface area contributed by atoms with Gasteiger partial charge < -0.3 is 25.0 Å². The van der Waals surface area contributed by atoms with Crippen LogP contribution in [-0.4, -0.2) is 51.2 Å². The van der Waals surface area contributed by atoms with Crippen molar-refractivity contribution in [2.75, 3.05) is 24.8 Å². The predicted octanol–water partition coefficient (Wildman–Crippen LogP) is 3.46. The summed E-state index contributed by atoms with van der Waals surface area (Å²) in [7, 11) is 1.53. The first kappa shape index (κ1) is 26.2. The minimum Gasteiger partial charge on any atom is -0.497 e. The lowest BCUT2D eigenvalue weighted by Gasteiger charge is -2.17. The van der Waals surface area contributed by atoms with Crippen molar-refractivity contribution in [3.05, 3.63) is 77.3 Å². The Bertz CT molecular complexity index is 1210. The second kappa shape index (κ2) is 12.3. The molecule has 0 spiro atoms. The van der Waals surface area contributed by atoms with Crippen LogP contribution in [0.5, 0.6) is 5.75 Å². The highest BCUT2D eigenvalue weighted by molar-refractivity contribution is 7.99. The minimum absolute atomic E-state index is 0.0216. The molecule has 3 N–H and O–H groups in total. The van der Waals surface area contributed by atoms with Gasteiger partial charge in [0.15, 0.2) is 11.0 Å². The van der Waals surface area contributed by atoms with Gasteiger partial charge in [0, 0.05) is 17.8 Å². The second-order valence-corrected chi connectivity index (χ2v) is 8.49. The normalized spacial score (nSPS) is 11.5. The molecule has 1 atom stereocenters. The van der Waals surface area contributed by atoms with Gasteiger partial charge in [0.05, 0.1) is 24.5 Å². The minimum atomic E-state index is -0.846. The lowest BCUT2D eigenvalue weighted by Crippen LogP contribution is -2.33. The standard InChI is InChI=1S/C23H23ClFN5O4S/c1-3-10-30-21(19(12-31)27-22(33)14-4-7-16(34-2)8-5-14)28-29-23(30)35-13-20(32)26-15-6-9-18(25)17(24)11-15/h3-9,11,19,31H,1,10,12-13H2,2H3,(H,26,32)(H,27,33). The van der Waals surface area contributed by atoms with Gasteiger partial charge in [-0.05, 0) is 42.5 Å². The summed E-state index contributed by atoms with van der Waals surface area (Å²) in [6.07, 6.45) is 1.61. The number of nitrogens with zero attached hydrogens (tertiary/aromatic N) is 3. The molecule has 1 heterocycles. The highest BCUT2D eigenvalue weighted by atomic mass is 35.5. The number of hydrogen-bond donors (Lipinski definition) is 3. The molecule has 0 aliphatic carbocycles. The van der Waals surface area contributed by atoms with Gasteiger partial charge >= 0.3 is 0 Å². The summed E-state index contributed by atoms with van der Waals surface area (Å²) in [5.74, 6) is -0.458. The largest absolute Gasteiger partial charge is 0.497 e. The summed E-state index contributed by atoms with van der Waals surface area (Å²) in [5.41, 5.74) is 0.739. The number of benzene rings is 2. The summed E-state index contributed by atoms with van der Waals surface area (Å²) in [5, 5.41) is 23.8. The third-order valence-electron chi connectivity index (χ3n) is 4.74. The fraction of sp³-hybridized carbons (Fsp3) is 0.217. The monoisotopic (exact) mass is 519 g/mol. The Balaban J connectivity index is 1.69. The Kier molecular flexibility index (Phi) is 9.24. The summed E-state index contributed by atoms with van der Waals surface area (Å²) >= 11 is 6.85. The van der Waals surface area contributed by atoms with E-state index in [1.54, 1.807) is 34.9 Å². The number of ether oxygens (including phenoxy) is 1. The van der Waals surface area contributed by atoms with E-state index in [1.807, 2.05) is 0 Å². The van der Waals surface area contributed by atoms with Crippen LogP contribution in [0, 0.1) is 5.82 Å². The summed E-state index contributed by atoms with van der Waals surface area (Å²) in [6, 6.07) is 9.55. The number of thioether (sulfide) groups is 1. The van der Waals surface area contributed by atoms with Gasteiger partial charge in [0.25, 0.3) is 5.91 Å². The molecule has 35 heavy (non-hydrogen) atoms. The first-order valence-electron chi connectivity index (χ1n) is 10.3. The van der Waals surface area contributed by atoms with E-state index in [-0.39, 0.29) is 23.2 Å². The zero-order chi connectivity index (χ0) is 25.4. The summed E-state index contributed by atoms with van der Waals surface area (Å²) in [6.45, 7) is 3.59. The predicted molar refractivity (Wildman–Crippen MR) is 131 cm³/mol. The number of aromatic nitrogens is 3. The first-order chi connectivity index (χ1) is 16.9. The molecule has 0 radical (unpaired) electrons. The molecule has 3 rings (SSSR count). The van der Waals surface area contributed by atoms with Crippen molar-refractivity contribution >= 4 is 40.9 Å². The molecule has 184 valence electrons. The molecule has 2 aromatic carbocycles. The summed E-state index contributed by atoms with van der Waals surface area (Å²) < 4.78 is 20.0. The maximum atomic E-state index is 13.3. The van der Waals surface area contributed by atoms with Crippen LogP contribution in [-0.2, 0) is 11.3 Å². The number of carbonyl (C=O) groups excluding carboxylic acids is 2. The van der Waals surface area contributed by atoms with Gasteiger partial charge in [0.2, 0.25) is 5.91 Å². The summed E-state index contributed by atoms with van der Waals surface area (Å²) in [4.78, 5) is 25.0. The van der Waals surface area contributed by atoms with Crippen LogP contribution in [0.4, 0.5) is 10.1 Å². The molecule has 0 saturated heterocycles. The van der Waals surface area contributed by atoms with Crippen LogP contribution in [0.3, 0.4) is 0 Å². The Hall–Kier alpha value is -3.41. The Labute approximate surface area is 210 Å². The van der Waals surface area contributed by atoms with Crippen molar-refractivity contribution in [3.8, 4) is 5.75 Å². The van der Waals surface area contributed by atoms with Crippen molar-refractivity contribution in [1.29, 1.82) is 0 Å². The van der Waals surface area contributed by atoms with Crippen LogP contribution >= 0.6 is 23.4 Å². The van der Waals surface area contributed by atoms with E-state index in [1.165, 1.54) is 19.2 Å². The molecule has 0 fully saturated rings. The first-order valence-corrected chi connectivity index (χ1v) is 11.7. The van der Waals surface area contributed by atoms with Gasteiger partial charge in [-0.3, -0.25) is 9.59 Å². The van der Waals surface area contributed by atoms with Crippen molar-refractivity contribution in [1.82, 2.24) is 20.1 Å². The number of hydrogen-bond acceptors (Lipinski definition) is 7. The average Bonchev–Trinajstić information content (AvgIpc) is 3.26. The molecule has 2 amide bonds. The van der Waals surface area contributed by atoms with Crippen molar-refractivity contribution < 1.29 is 23.8 Å². The topological polar surface area (TPSA) is 118 Å². The highest BCUT2D eigenvalue weighted by Crippen LogP contribution is 2.23. The molecule has 1 aromatic heterocycles. The maximum absolute atomic E-state index is 13.3. The molecule has 12 heteroatoms. The SMILES string of the molecule is C=CCn1c(SCC(=O)Nc2ccc(F)c(Cl)c2)nnc1C(CO)NC(=O)c1ccc(OC)cc1. The molecule has 0 saturated carbocycles. The third-order valence-corrected chi connectivity index (χ3v) is 6.00. The third kappa shape index (κ3) is 6.81. The lowest BCUT2D eigenvalue weighted by molar-refractivity contribution is -0.113. The average molecular weight is 520 g/mol. The zero-order valence-corrected chi connectivity index (χ0v) is 20.3. The van der Waals surface area contributed by atoms with Crippen LogP contribution in [0.25, 0.3) is 0 Å². The molecular weight excluding hydrogens is 497 g/mol. The van der Waals surface area contributed by atoms with Gasteiger partial charge in [-0.1, -0.05) is 29.4 Å². The number of allylic oxidation sites excluding steroid dienone is 1. The number of carbonyl (C=O) groups is 2. The Morgan fingerprint density at radius 3 is 2.66 bits per heavy atom. The molecule has 0 bridgehead atoms. The van der Waals surface area contributed by atoms with E-state index in [9.17, 15) is 19.1 Å². The quantitative estimate of drug-likeness (QED) is 0.262. The van der Waals surface area contributed by atoms with Gasteiger partial charge in [-0.2, -0.15) is 0 Å². The van der Waals surface area contributed by atoms with Crippen LogP contribution in [0.2, 0.25) is 5.02 Å². The smallest absolute Gasteiger partial charge is 0.251 e. The number of anilines is 1. The maximum Gasteiger partial charge on any atom is 0.251 e. The van der Waals surface area contributed by atoms with Crippen molar-refractivity contribution in [3.63, 3.8) is 0 Å². The van der Waals surface area contributed by atoms with Crippen LogP contribution in [0.15, 0.2) is 60.3 Å². The fourth-order valence-electron chi connectivity index (χ4n) is 3.04. The number of rotatable bonds is 11. The highest BCUT2D eigenvalue weighted by Gasteiger charge is 2.23. The number of halogens is 2. The zero-order valence-electron chi connectivity index (χ0n) is 18.7. The number of amides is 2. The van der Waals surface area contributed by atoms with Gasteiger partial charge in [-0.25, -0.2) is 4.39 Å². The Morgan fingerprint density at radius 1 is 1.29 bits per heavy atom. The number of aliphatic hydroxyl groups is 1. The van der Waals surface area contributed by atoms with E-state index in [0.29, 0.717) is 28.0 Å². The molecule has 3 aromatic rings. The van der Waals surface area contributed by atoms with Gasteiger partial charge in [0.1, 0.15) is 17.6 Å². The number of nitrogens with one attached hydrogen (secondary N) is 2. The van der Waals surface area contributed by atoms with E-state index >= 15 is 0 Å². The van der Waals surface area contributed by atoms with Crippen molar-refractivity contribution in [2.24, 2.45) is 0 Å². The van der Waals surface area contributed by atoms with Crippen LogP contribution < -0.4 is 15.4 Å². The Morgan fingerprint density at radius 2 is 2.03 bits per heavy atom. The lowest BCUT2D eigenvalue weighted by atomic mass is 10.2. The van der Waals surface area contributed by atoms with E-state index in [4.69, 9.17) is 16.3 Å². The fourth-order valence-corrected chi connectivity index (χ4v) is 3.98. The number of aliphatic hydroxyl groups excluding tert-OH is 1. The molecule has 9 nitrogen and oxygen atoms in total. The van der Waals surface area contributed by atoms with Crippen molar-refractivity contribution in [2.45, 2.75) is 17.7 Å². The van der Waals surface area contributed by atoms with Gasteiger partial charge in [-0.15, -0.1) is 16.8 Å². The molecule has 1 unspecified atom stereocenters. The number of methoxy groups -OCH3 is 1.